The minimum Gasteiger partial charge on any atom is -0.478 e. The summed E-state index contributed by atoms with van der Waals surface area (Å²) in [6.45, 7) is 7.44. The van der Waals surface area contributed by atoms with Crippen LogP contribution in [0.5, 0.6) is 0 Å². The number of aliphatic hydroxyl groups is 1. The highest BCUT2D eigenvalue weighted by atomic mass is 16.4. The first kappa shape index (κ1) is 14.0. The third kappa shape index (κ3) is 2.25. The zero-order valence-corrected chi connectivity index (χ0v) is 11.4. The van der Waals surface area contributed by atoms with E-state index in [0.717, 1.165) is 18.4 Å². The fraction of sp³-hybridized carbons (Fsp3) is 0.600. The van der Waals surface area contributed by atoms with Crippen LogP contribution in [0.4, 0.5) is 0 Å². The lowest BCUT2D eigenvalue weighted by atomic mass is 9.60. The van der Waals surface area contributed by atoms with Crippen LogP contribution in [0.25, 0.3) is 0 Å². The van der Waals surface area contributed by atoms with Crippen molar-refractivity contribution in [3.8, 4) is 0 Å². The molecule has 0 spiro atoms. The fourth-order valence-corrected chi connectivity index (χ4v) is 3.46. The molecule has 4 nitrogen and oxygen atoms in total. The Bertz CT molecular complexity index is 488. The molecule has 0 aromatic heterocycles. The Hall–Kier alpha value is -1.42. The summed E-state index contributed by atoms with van der Waals surface area (Å²) in [7, 11) is 0. The van der Waals surface area contributed by atoms with Crippen LogP contribution in [-0.2, 0) is 9.59 Å². The van der Waals surface area contributed by atoms with E-state index in [-0.39, 0.29) is 22.7 Å². The van der Waals surface area contributed by atoms with E-state index in [1.165, 1.54) is 0 Å². The molecular formula is C15H20O4. The van der Waals surface area contributed by atoms with Gasteiger partial charge >= 0.3 is 5.97 Å². The summed E-state index contributed by atoms with van der Waals surface area (Å²) in [5.41, 5.74) is 1.68. The summed E-state index contributed by atoms with van der Waals surface area (Å²) in [5.74, 6) is -1.28. The SMILES string of the molecule is C=C(C(=O)O)[C@@H]1CC[C@@]2(C)C[C@H](O)C(=O)C(C)=C2C1. The molecule has 4 heteroatoms. The third-order valence-electron chi connectivity index (χ3n) is 4.76. The normalized spacial score (nSPS) is 35.0. The van der Waals surface area contributed by atoms with Gasteiger partial charge in [0.25, 0.3) is 0 Å². The molecule has 3 atom stereocenters. The lowest BCUT2D eigenvalue weighted by Crippen LogP contribution is -2.41. The highest BCUT2D eigenvalue weighted by molar-refractivity contribution is 6.00. The first-order valence-electron chi connectivity index (χ1n) is 6.61. The molecule has 2 N–H and O–H groups in total. The monoisotopic (exact) mass is 264 g/mol. The number of carbonyl (C=O) groups excluding carboxylic acids is 1. The Morgan fingerprint density at radius 2 is 2.11 bits per heavy atom. The van der Waals surface area contributed by atoms with Gasteiger partial charge in [0.2, 0.25) is 0 Å². The predicted octanol–water partition coefficient (Wildman–Crippen LogP) is 2.08. The molecule has 0 aliphatic heterocycles. The minimum atomic E-state index is -0.964. The molecule has 0 amide bonds. The second-order valence-electron chi connectivity index (χ2n) is 6.02. The van der Waals surface area contributed by atoms with Crippen molar-refractivity contribution in [1.29, 1.82) is 0 Å². The van der Waals surface area contributed by atoms with Crippen molar-refractivity contribution in [1.82, 2.24) is 0 Å². The molecule has 0 unspecified atom stereocenters. The second-order valence-corrected chi connectivity index (χ2v) is 6.02. The fourth-order valence-electron chi connectivity index (χ4n) is 3.46. The molecule has 0 aromatic rings. The Morgan fingerprint density at radius 1 is 1.47 bits per heavy atom. The zero-order valence-electron chi connectivity index (χ0n) is 11.4. The van der Waals surface area contributed by atoms with Crippen molar-refractivity contribution >= 4 is 11.8 Å². The number of rotatable bonds is 2. The number of Topliss-reactive ketones (excluding diaryl/α,β-unsaturated/α-hetero) is 1. The minimum absolute atomic E-state index is 0.0985. The van der Waals surface area contributed by atoms with Crippen LogP contribution in [0, 0.1) is 11.3 Å². The molecule has 0 radical (unpaired) electrons. The number of carboxylic acids is 1. The summed E-state index contributed by atoms with van der Waals surface area (Å²) in [5, 5.41) is 18.9. The van der Waals surface area contributed by atoms with E-state index in [1.807, 2.05) is 0 Å². The van der Waals surface area contributed by atoms with E-state index < -0.39 is 12.1 Å². The standard InChI is InChI=1S/C15H20O4/c1-8(14(18)19)10-4-5-15(3)7-12(16)13(17)9(2)11(15)6-10/h10,12,16H,1,4-7H2,2-3H3,(H,18,19)/t10-,12+,15+/m1/s1. The topological polar surface area (TPSA) is 74.6 Å². The van der Waals surface area contributed by atoms with Gasteiger partial charge in [0.15, 0.2) is 5.78 Å². The number of hydrogen-bond acceptors (Lipinski definition) is 3. The van der Waals surface area contributed by atoms with Crippen LogP contribution in [0.2, 0.25) is 0 Å². The van der Waals surface area contributed by atoms with Crippen LogP contribution in [0.1, 0.15) is 39.5 Å². The molecule has 0 aromatic carbocycles. The quantitative estimate of drug-likeness (QED) is 0.749. The molecule has 1 fully saturated rings. The summed E-state index contributed by atoms with van der Waals surface area (Å²) in [6, 6.07) is 0. The van der Waals surface area contributed by atoms with Crippen molar-refractivity contribution < 1.29 is 19.8 Å². The van der Waals surface area contributed by atoms with E-state index in [0.29, 0.717) is 18.4 Å². The van der Waals surface area contributed by atoms with Crippen LogP contribution >= 0.6 is 0 Å². The number of carbonyl (C=O) groups is 2. The highest BCUT2D eigenvalue weighted by Crippen LogP contribution is 2.51. The van der Waals surface area contributed by atoms with Crippen molar-refractivity contribution in [2.24, 2.45) is 11.3 Å². The largest absolute Gasteiger partial charge is 0.478 e. The second kappa shape index (κ2) is 4.60. The average molecular weight is 264 g/mol. The molecule has 19 heavy (non-hydrogen) atoms. The molecule has 2 aliphatic rings. The maximum Gasteiger partial charge on any atom is 0.331 e. The summed E-state index contributed by atoms with van der Waals surface area (Å²) < 4.78 is 0. The number of fused-ring (bicyclic) bond motifs is 1. The molecule has 0 saturated heterocycles. The Morgan fingerprint density at radius 3 is 2.68 bits per heavy atom. The zero-order chi connectivity index (χ0) is 14.4. The maximum absolute atomic E-state index is 11.9. The van der Waals surface area contributed by atoms with E-state index in [4.69, 9.17) is 5.11 Å². The van der Waals surface area contributed by atoms with Crippen molar-refractivity contribution in [3.63, 3.8) is 0 Å². The highest BCUT2D eigenvalue weighted by Gasteiger charge is 2.44. The van der Waals surface area contributed by atoms with Gasteiger partial charge in [-0.25, -0.2) is 4.79 Å². The first-order chi connectivity index (χ1) is 8.76. The van der Waals surface area contributed by atoms with Gasteiger partial charge in [-0.05, 0) is 49.5 Å². The molecule has 0 heterocycles. The van der Waals surface area contributed by atoms with Crippen molar-refractivity contribution in [2.45, 2.75) is 45.6 Å². The number of ketones is 1. The van der Waals surface area contributed by atoms with Gasteiger partial charge in [-0.1, -0.05) is 19.1 Å². The van der Waals surface area contributed by atoms with Gasteiger partial charge in [-0.2, -0.15) is 0 Å². The van der Waals surface area contributed by atoms with Crippen molar-refractivity contribution in [2.75, 3.05) is 0 Å². The molecule has 104 valence electrons. The van der Waals surface area contributed by atoms with Gasteiger partial charge in [0, 0.05) is 5.57 Å². The van der Waals surface area contributed by atoms with Crippen LogP contribution in [0.15, 0.2) is 23.3 Å². The average Bonchev–Trinajstić information content (AvgIpc) is 2.35. The Labute approximate surface area is 112 Å². The van der Waals surface area contributed by atoms with Crippen LogP contribution in [0.3, 0.4) is 0 Å². The van der Waals surface area contributed by atoms with E-state index in [1.54, 1.807) is 6.92 Å². The molecule has 2 aliphatic carbocycles. The number of carboxylic acid groups (broad SMARTS) is 1. The molecule has 1 saturated carbocycles. The lowest BCUT2D eigenvalue weighted by Gasteiger charge is -2.45. The number of hydrogen-bond donors (Lipinski definition) is 2. The molecular weight excluding hydrogens is 244 g/mol. The van der Waals surface area contributed by atoms with Gasteiger partial charge < -0.3 is 10.2 Å². The van der Waals surface area contributed by atoms with Crippen LogP contribution in [-0.4, -0.2) is 28.1 Å². The first-order valence-corrected chi connectivity index (χ1v) is 6.61. The van der Waals surface area contributed by atoms with Gasteiger partial charge in [-0.15, -0.1) is 0 Å². The summed E-state index contributed by atoms with van der Waals surface area (Å²) in [4.78, 5) is 22.9. The number of aliphatic carboxylic acids is 1. The van der Waals surface area contributed by atoms with E-state index >= 15 is 0 Å². The van der Waals surface area contributed by atoms with E-state index in [2.05, 4.69) is 13.5 Å². The number of aliphatic hydroxyl groups excluding tert-OH is 1. The molecule has 0 bridgehead atoms. The van der Waals surface area contributed by atoms with Gasteiger partial charge in [-0.3, -0.25) is 4.79 Å². The summed E-state index contributed by atoms with van der Waals surface area (Å²) >= 11 is 0. The van der Waals surface area contributed by atoms with E-state index in [9.17, 15) is 14.7 Å². The Kier molecular flexibility index (Phi) is 3.39. The predicted molar refractivity (Wildman–Crippen MR) is 70.6 cm³/mol. The summed E-state index contributed by atoms with van der Waals surface area (Å²) in [6.07, 6.45) is 1.66. The van der Waals surface area contributed by atoms with Crippen LogP contribution < -0.4 is 0 Å². The van der Waals surface area contributed by atoms with Gasteiger partial charge in [0.05, 0.1) is 0 Å². The lowest BCUT2D eigenvalue weighted by molar-refractivity contribution is -0.133. The Balaban J connectivity index is 2.34. The van der Waals surface area contributed by atoms with Gasteiger partial charge in [0.1, 0.15) is 6.10 Å². The van der Waals surface area contributed by atoms with Crippen molar-refractivity contribution in [3.05, 3.63) is 23.3 Å². The third-order valence-corrected chi connectivity index (χ3v) is 4.76. The maximum atomic E-state index is 11.9. The number of allylic oxidation sites excluding steroid dienone is 1. The smallest absolute Gasteiger partial charge is 0.331 e. The molecule has 2 rings (SSSR count).